The molecule has 21 heavy (non-hydrogen) atoms. The Morgan fingerprint density at radius 2 is 0.714 bits per heavy atom. The number of phenols is 2. The second kappa shape index (κ2) is 6.47. The van der Waals surface area contributed by atoms with Gasteiger partial charge in [0.25, 0.3) is 0 Å². The van der Waals surface area contributed by atoms with Gasteiger partial charge in [0.15, 0.2) is 0 Å². The predicted octanol–water partition coefficient (Wildman–Crippen LogP) is 4.92. The van der Waals surface area contributed by atoms with Crippen molar-refractivity contribution < 1.29 is 27.1 Å². The second-order valence-electron chi connectivity index (χ2n) is 3.63. The molecular weight excluding hydrogens is 412 g/mol. The van der Waals surface area contributed by atoms with Crippen LogP contribution in [0.1, 0.15) is 0 Å². The molecule has 0 amide bonds. The SMILES string of the molecule is Oc1ccccc1.Oc1ccccc1.[F][Sb-]([F])([F])([F])([F])[F]. The van der Waals surface area contributed by atoms with Gasteiger partial charge in [-0.1, -0.05) is 36.4 Å². The Balaban J connectivity index is 0.000000286. The molecule has 2 rings (SSSR count). The summed E-state index contributed by atoms with van der Waals surface area (Å²) < 4.78 is 59.6. The van der Waals surface area contributed by atoms with Crippen LogP contribution in [0, 0.1) is 0 Å². The maximum atomic E-state index is 9.93. The summed E-state index contributed by atoms with van der Waals surface area (Å²) in [5, 5.41) is 17.3. The Morgan fingerprint density at radius 3 is 0.810 bits per heavy atom. The molecule has 0 aromatic heterocycles. The van der Waals surface area contributed by atoms with Crippen LogP contribution >= 0.6 is 0 Å². The molecule has 2 aromatic rings. The van der Waals surface area contributed by atoms with Crippen LogP contribution < -0.4 is 0 Å². The van der Waals surface area contributed by atoms with Gasteiger partial charge in [-0.15, -0.1) is 0 Å². The van der Waals surface area contributed by atoms with Gasteiger partial charge in [-0.05, 0) is 24.3 Å². The van der Waals surface area contributed by atoms with E-state index in [2.05, 4.69) is 0 Å². The van der Waals surface area contributed by atoms with Crippen molar-refractivity contribution in [1.29, 1.82) is 0 Å². The van der Waals surface area contributed by atoms with Crippen molar-refractivity contribution in [2.24, 2.45) is 0 Å². The third-order valence-electron chi connectivity index (χ3n) is 1.51. The van der Waals surface area contributed by atoms with E-state index in [-0.39, 0.29) is 0 Å². The van der Waals surface area contributed by atoms with Gasteiger partial charge in [0.1, 0.15) is 11.5 Å². The molecule has 0 heterocycles. The number of phenolic OH excluding ortho intramolecular Hbond substituents is 2. The van der Waals surface area contributed by atoms with E-state index in [1.807, 2.05) is 12.1 Å². The number of hydrogen-bond donors (Lipinski definition) is 2. The van der Waals surface area contributed by atoms with Crippen LogP contribution in [0.25, 0.3) is 0 Å². The molecular formula is C12H12F6O2Sb-. The minimum absolute atomic E-state index is 0.322. The zero-order valence-electron chi connectivity index (χ0n) is 10.4. The van der Waals surface area contributed by atoms with Crippen LogP contribution in [0.4, 0.5) is 16.9 Å². The fourth-order valence-corrected chi connectivity index (χ4v) is 0.856. The van der Waals surface area contributed by atoms with Crippen molar-refractivity contribution in [2.75, 3.05) is 0 Å². The first-order chi connectivity index (χ1) is 9.24. The molecule has 0 spiro atoms. The summed E-state index contributed by atoms with van der Waals surface area (Å²) in [5.74, 6) is 0.644. The number of hydrogen-bond acceptors (Lipinski definition) is 2. The van der Waals surface area contributed by atoms with Crippen molar-refractivity contribution in [3.8, 4) is 11.5 Å². The number of benzene rings is 2. The summed E-state index contributed by atoms with van der Waals surface area (Å²) in [6.45, 7) is 0. The molecule has 2 aromatic carbocycles. The fraction of sp³-hybridized carbons (Fsp3) is 0. The Kier molecular flexibility index (Phi) is 5.99. The van der Waals surface area contributed by atoms with Crippen LogP contribution in [-0.4, -0.2) is 29.7 Å². The number of aromatic hydroxyl groups is 2. The molecule has 0 atom stereocenters. The van der Waals surface area contributed by atoms with E-state index in [1.54, 1.807) is 48.5 Å². The third-order valence-corrected chi connectivity index (χ3v) is 1.51. The Morgan fingerprint density at radius 1 is 0.524 bits per heavy atom. The van der Waals surface area contributed by atoms with E-state index >= 15 is 0 Å². The fourth-order valence-electron chi connectivity index (χ4n) is 0.856. The monoisotopic (exact) mass is 423 g/mol. The van der Waals surface area contributed by atoms with Gasteiger partial charge in [-0.2, -0.15) is 0 Å². The van der Waals surface area contributed by atoms with Crippen LogP contribution in [0.3, 0.4) is 0 Å². The molecule has 0 bridgehead atoms. The molecule has 0 saturated heterocycles. The molecule has 0 aliphatic carbocycles. The first kappa shape index (κ1) is 19.4. The predicted molar refractivity (Wildman–Crippen MR) is 68.6 cm³/mol. The van der Waals surface area contributed by atoms with Gasteiger partial charge in [-0.3, -0.25) is 0 Å². The molecule has 0 fully saturated rings. The van der Waals surface area contributed by atoms with Gasteiger partial charge in [0.05, 0.1) is 0 Å². The topological polar surface area (TPSA) is 40.5 Å². The number of para-hydroxylation sites is 2. The molecule has 9 heteroatoms. The summed E-state index contributed by atoms with van der Waals surface area (Å²) >= 11 is -11.2. The normalized spacial score (nSPS) is 13.4. The summed E-state index contributed by atoms with van der Waals surface area (Å²) in [7, 11) is 0. The first-order valence-corrected chi connectivity index (χ1v) is 11.1. The number of rotatable bonds is 0. The van der Waals surface area contributed by atoms with Gasteiger partial charge in [-0.25, -0.2) is 0 Å². The average Bonchev–Trinajstić information content (AvgIpc) is 2.27. The van der Waals surface area contributed by atoms with Crippen molar-refractivity contribution in [3.63, 3.8) is 0 Å². The standard InChI is InChI=1S/2C6H6O.6FH.Sb/c2*7-6-4-2-1-3-5-6;;;;;;;/h2*1-5,7H;6*1H;/q;;;;;;;;+5/p-6. The Hall–Kier alpha value is -1.56. The van der Waals surface area contributed by atoms with E-state index in [9.17, 15) is 16.9 Å². The van der Waals surface area contributed by atoms with Crippen LogP contribution in [0.15, 0.2) is 60.7 Å². The van der Waals surface area contributed by atoms with Crippen molar-refractivity contribution >= 4 is 19.5 Å². The Bertz CT molecular complexity index is 478. The third kappa shape index (κ3) is 23.9. The molecule has 2 nitrogen and oxygen atoms in total. The van der Waals surface area contributed by atoms with E-state index in [1.165, 1.54) is 0 Å². The molecule has 0 radical (unpaired) electrons. The summed E-state index contributed by atoms with van der Waals surface area (Å²) in [6, 6.07) is 17.4. The van der Waals surface area contributed by atoms with Gasteiger partial charge in [0, 0.05) is 0 Å². The zero-order valence-corrected chi connectivity index (χ0v) is 12.9. The van der Waals surface area contributed by atoms with Gasteiger partial charge < -0.3 is 10.2 Å². The second-order valence-corrected chi connectivity index (χ2v) is 9.10. The summed E-state index contributed by atoms with van der Waals surface area (Å²) in [5.41, 5.74) is 0. The van der Waals surface area contributed by atoms with Crippen LogP contribution in [0.2, 0.25) is 0 Å². The van der Waals surface area contributed by atoms with Crippen LogP contribution in [0.5, 0.6) is 11.5 Å². The van der Waals surface area contributed by atoms with E-state index in [4.69, 9.17) is 10.2 Å². The van der Waals surface area contributed by atoms with Crippen molar-refractivity contribution in [3.05, 3.63) is 60.7 Å². The molecule has 120 valence electrons. The van der Waals surface area contributed by atoms with E-state index < -0.39 is 19.5 Å². The molecule has 2 N–H and O–H groups in total. The molecule has 0 aliphatic heterocycles. The first-order valence-electron chi connectivity index (χ1n) is 5.28. The summed E-state index contributed by atoms with van der Waals surface area (Å²) in [4.78, 5) is 0. The quantitative estimate of drug-likeness (QED) is 0.466. The van der Waals surface area contributed by atoms with Crippen molar-refractivity contribution in [1.82, 2.24) is 0 Å². The van der Waals surface area contributed by atoms with Crippen LogP contribution in [-0.2, 0) is 0 Å². The average molecular weight is 424 g/mol. The van der Waals surface area contributed by atoms with Crippen molar-refractivity contribution in [2.45, 2.75) is 0 Å². The van der Waals surface area contributed by atoms with E-state index in [0.717, 1.165) is 0 Å². The van der Waals surface area contributed by atoms with E-state index in [0.29, 0.717) is 11.5 Å². The van der Waals surface area contributed by atoms with Gasteiger partial charge >= 0.3 is 36.4 Å². The summed E-state index contributed by atoms with van der Waals surface area (Å²) in [6.07, 6.45) is 0. The molecule has 0 aliphatic rings. The Labute approximate surface area is 119 Å². The molecule has 0 unspecified atom stereocenters. The zero-order chi connectivity index (χ0) is 16.6. The maximum absolute atomic E-state index is 11.2. The molecule has 0 saturated carbocycles. The van der Waals surface area contributed by atoms with Gasteiger partial charge in [0.2, 0.25) is 0 Å². The number of halogens is 6. The minimum atomic E-state index is -11.2.